The third-order valence-corrected chi connectivity index (χ3v) is 7.27. The van der Waals surface area contributed by atoms with Crippen molar-refractivity contribution >= 4 is 75.5 Å². The molecule has 1 heterocycles. The highest BCUT2D eigenvalue weighted by molar-refractivity contribution is 9.15. The zero-order chi connectivity index (χ0) is 12.9. The first-order chi connectivity index (χ1) is 7.91. The van der Waals surface area contributed by atoms with Gasteiger partial charge < -0.3 is 0 Å². The molecule has 17 heavy (non-hydrogen) atoms. The Morgan fingerprint density at radius 1 is 0.824 bits per heavy atom. The average molecular weight is 491 g/mol. The van der Waals surface area contributed by atoms with Crippen molar-refractivity contribution in [3.8, 4) is 0 Å². The summed E-state index contributed by atoms with van der Waals surface area (Å²) in [6.45, 7) is 2.13. The molecule has 2 rings (SSSR count). The number of benzene rings is 1. The molecule has 7 heteroatoms. The van der Waals surface area contributed by atoms with Crippen molar-refractivity contribution in [2.24, 2.45) is 0 Å². The molecule has 1 aromatic carbocycles. The van der Waals surface area contributed by atoms with Crippen LogP contribution in [0.25, 0.3) is 0 Å². The molecule has 0 bridgehead atoms. The molecule has 1 aliphatic heterocycles. The van der Waals surface area contributed by atoms with Gasteiger partial charge in [-0.2, -0.15) is 0 Å². The Bertz CT molecular complexity index is 509. The Kier molecular flexibility index (Phi) is 3.83. The van der Waals surface area contributed by atoms with Crippen LogP contribution >= 0.6 is 63.7 Å². The van der Waals surface area contributed by atoms with Crippen LogP contribution in [-0.4, -0.2) is 23.3 Å². The fourth-order valence-corrected chi connectivity index (χ4v) is 4.14. The molecule has 0 fully saturated rings. The lowest BCUT2D eigenvalue weighted by molar-refractivity contribution is 0.0662. The molecule has 0 radical (unpaired) electrons. The van der Waals surface area contributed by atoms with Crippen LogP contribution in [-0.2, 0) is 0 Å². The Balaban J connectivity index is 2.84. The number of carbonyl (C=O) groups is 2. The topological polar surface area (TPSA) is 37.4 Å². The summed E-state index contributed by atoms with van der Waals surface area (Å²) < 4.78 is 2.61. The largest absolute Gasteiger partial charge is 0.275 e. The van der Waals surface area contributed by atoms with Gasteiger partial charge in [0.1, 0.15) is 0 Å². The Hall–Kier alpha value is 0.280. The van der Waals surface area contributed by atoms with E-state index in [9.17, 15) is 9.59 Å². The van der Waals surface area contributed by atoms with E-state index >= 15 is 0 Å². The SMILES string of the molecule is CCN1C(=O)c2c(Br)c(Br)c(Br)c(Br)c2C1=O. The van der Waals surface area contributed by atoms with Crippen molar-refractivity contribution in [3.63, 3.8) is 0 Å². The van der Waals surface area contributed by atoms with Gasteiger partial charge in [-0.25, -0.2) is 0 Å². The van der Waals surface area contributed by atoms with E-state index in [1.54, 1.807) is 6.92 Å². The minimum Gasteiger partial charge on any atom is -0.275 e. The molecular formula is C10H5Br4NO2. The Morgan fingerprint density at radius 2 is 1.18 bits per heavy atom. The van der Waals surface area contributed by atoms with E-state index in [2.05, 4.69) is 63.7 Å². The summed E-state index contributed by atoms with van der Waals surface area (Å²) >= 11 is 13.4. The van der Waals surface area contributed by atoms with E-state index in [4.69, 9.17) is 0 Å². The summed E-state index contributed by atoms with van der Waals surface area (Å²) in [7, 11) is 0. The minimum absolute atomic E-state index is 0.270. The van der Waals surface area contributed by atoms with Crippen LogP contribution in [0.15, 0.2) is 17.9 Å². The van der Waals surface area contributed by atoms with Crippen LogP contribution < -0.4 is 0 Å². The van der Waals surface area contributed by atoms with Gasteiger partial charge in [0.25, 0.3) is 11.8 Å². The van der Waals surface area contributed by atoms with E-state index in [-0.39, 0.29) is 11.8 Å². The predicted octanol–water partition coefficient (Wildman–Crippen LogP) is 4.35. The summed E-state index contributed by atoms with van der Waals surface area (Å²) in [5.74, 6) is -0.540. The van der Waals surface area contributed by atoms with Gasteiger partial charge >= 0.3 is 0 Å². The molecule has 0 atom stereocenters. The average Bonchev–Trinajstić information content (AvgIpc) is 2.55. The van der Waals surface area contributed by atoms with Gasteiger partial charge in [0.2, 0.25) is 0 Å². The molecule has 90 valence electrons. The van der Waals surface area contributed by atoms with Crippen LogP contribution in [0.5, 0.6) is 0 Å². The number of rotatable bonds is 1. The summed E-state index contributed by atoms with van der Waals surface area (Å²) in [5.41, 5.74) is 0.803. The van der Waals surface area contributed by atoms with Crippen molar-refractivity contribution in [1.29, 1.82) is 0 Å². The quantitative estimate of drug-likeness (QED) is 0.333. The molecule has 1 aromatic rings. The zero-order valence-electron chi connectivity index (χ0n) is 8.48. The summed E-state index contributed by atoms with van der Waals surface area (Å²) in [4.78, 5) is 25.4. The lowest BCUT2D eigenvalue weighted by Gasteiger charge is -2.09. The zero-order valence-corrected chi connectivity index (χ0v) is 14.8. The molecule has 0 spiro atoms. The number of amides is 2. The maximum atomic E-state index is 12.1. The fourth-order valence-electron chi connectivity index (χ4n) is 1.68. The normalized spacial score (nSPS) is 14.5. The second kappa shape index (κ2) is 4.75. The number of hydrogen-bond acceptors (Lipinski definition) is 2. The number of carbonyl (C=O) groups excluding carboxylic acids is 2. The van der Waals surface area contributed by atoms with Crippen molar-refractivity contribution < 1.29 is 9.59 Å². The van der Waals surface area contributed by atoms with E-state index in [0.717, 1.165) is 0 Å². The molecule has 0 saturated carbocycles. The Morgan fingerprint density at radius 3 is 1.47 bits per heavy atom. The smallest absolute Gasteiger partial charge is 0.262 e. The van der Waals surface area contributed by atoms with E-state index < -0.39 is 0 Å². The van der Waals surface area contributed by atoms with Gasteiger partial charge in [-0.05, 0) is 70.6 Å². The highest BCUT2D eigenvalue weighted by atomic mass is 79.9. The second-order valence-corrected chi connectivity index (χ2v) is 6.53. The van der Waals surface area contributed by atoms with Crippen LogP contribution in [0.3, 0.4) is 0 Å². The van der Waals surface area contributed by atoms with E-state index in [1.165, 1.54) is 4.90 Å². The summed E-state index contributed by atoms with van der Waals surface area (Å²) in [5, 5.41) is 0. The van der Waals surface area contributed by atoms with Crippen molar-refractivity contribution in [2.45, 2.75) is 6.92 Å². The lowest BCUT2D eigenvalue weighted by atomic mass is 10.1. The van der Waals surface area contributed by atoms with E-state index in [0.29, 0.717) is 35.6 Å². The first kappa shape index (κ1) is 13.7. The summed E-state index contributed by atoms with van der Waals surface area (Å²) in [6.07, 6.45) is 0. The lowest BCUT2D eigenvalue weighted by Crippen LogP contribution is -2.29. The summed E-state index contributed by atoms with van der Waals surface area (Å²) in [6, 6.07) is 0. The number of halogens is 4. The number of hydrogen-bond donors (Lipinski definition) is 0. The maximum Gasteiger partial charge on any atom is 0.262 e. The fraction of sp³-hybridized carbons (Fsp3) is 0.200. The minimum atomic E-state index is -0.270. The van der Waals surface area contributed by atoms with Crippen LogP contribution in [0.4, 0.5) is 0 Å². The molecule has 3 nitrogen and oxygen atoms in total. The molecule has 0 N–H and O–H groups in total. The van der Waals surface area contributed by atoms with Gasteiger partial charge in [-0.15, -0.1) is 0 Å². The van der Waals surface area contributed by atoms with Gasteiger partial charge in [-0.1, -0.05) is 0 Å². The van der Waals surface area contributed by atoms with Crippen molar-refractivity contribution in [3.05, 3.63) is 29.0 Å². The van der Waals surface area contributed by atoms with Gasteiger partial charge in [-0.3, -0.25) is 14.5 Å². The predicted molar refractivity (Wildman–Crippen MR) is 78.3 cm³/mol. The second-order valence-electron chi connectivity index (χ2n) is 3.36. The molecule has 0 unspecified atom stereocenters. The first-order valence-electron chi connectivity index (χ1n) is 4.63. The van der Waals surface area contributed by atoms with Gasteiger partial charge in [0, 0.05) is 24.4 Å². The number of nitrogens with zero attached hydrogens (tertiary/aromatic N) is 1. The van der Waals surface area contributed by atoms with Crippen molar-refractivity contribution in [2.75, 3.05) is 6.54 Å². The number of fused-ring (bicyclic) bond motifs is 1. The van der Waals surface area contributed by atoms with Crippen LogP contribution in [0.2, 0.25) is 0 Å². The van der Waals surface area contributed by atoms with Gasteiger partial charge in [0.05, 0.1) is 11.1 Å². The van der Waals surface area contributed by atoms with Crippen molar-refractivity contribution in [1.82, 2.24) is 4.90 Å². The third-order valence-electron chi connectivity index (χ3n) is 2.50. The third kappa shape index (κ3) is 1.86. The first-order valence-corrected chi connectivity index (χ1v) is 7.81. The molecule has 1 aliphatic rings. The molecule has 2 amide bonds. The van der Waals surface area contributed by atoms with E-state index in [1.807, 2.05) is 0 Å². The monoisotopic (exact) mass is 487 g/mol. The maximum absolute atomic E-state index is 12.1. The highest BCUT2D eigenvalue weighted by Gasteiger charge is 2.39. The molecule has 0 aliphatic carbocycles. The van der Waals surface area contributed by atoms with Crippen LogP contribution in [0.1, 0.15) is 27.6 Å². The van der Waals surface area contributed by atoms with Gasteiger partial charge in [0.15, 0.2) is 0 Å². The molecule has 0 aromatic heterocycles. The molecule has 0 saturated heterocycles. The Labute approximate surface area is 131 Å². The number of imide groups is 1. The highest BCUT2D eigenvalue weighted by Crippen LogP contribution is 2.45. The standard InChI is InChI=1S/C10H5Br4NO2/c1-2-15-9(16)3-4(10(15)17)6(12)8(14)7(13)5(3)11/h2H2,1H3. The molecular weight excluding hydrogens is 486 g/mol. The van der Waals surface area contributed by atoms with Crippen LogP contribution in [0, 0.1) is 0 Å².